The summed E-state index contributed by atoms with van der Waals surface area (Å²) in [6.45, 7) is 5.16. The quantitative estimate of drug-likeness (QED) is 0.727. The molecule has 0 aromatic rings. The number of morpholine rings is 1. The summed E-state index contributed by atoms with van der Waals surface area (Å²) in [7, 11) is 0. The lowest BCUT2D eigenvalue weighted by Crippen LogP contribution is -2.50. The first kappa shape index (κ1) is 12.3. The van der Waals surface area contributed by atoms with E-state index in [-0.39, 0.29) is 12.2 Å². The number of unbranched alkanes of at least 4 members (excludes halogenated alkanes) is 2. The number of ether oxygens (including phenoxy) is 1. The van der Waals surface area contributed by atoms with Gasteiger partial charge in [0.15, 0.2) is 0 Å². The Morgan fingerprint density at radius 2 is 2.31 bits per heavy atom. The summed E-state index contributed by atoms with van der Waals surface area (Å²) in [5, 5.41) is 10.1. The van der Waals surface area contributed by atoms with Gasteiger partial charge in [-0.1, -0.05) is 26.2 Å². The van der Waals surface area contributed by atoms with E-state index in [0.717, 1.165) is 26.0 Å². The van der Waals surface area contributed by atoms with Crippen LogP contribution in [-0.4, -0.2) is 48.0 Å². The van der Waals surface area contributed by atoms with Crippen LogP contribution < -0.4 is 0 Å². The highest BCUT2D eigenvalue weighted by atomic mass is 16.5. The van der Waals surface area contributed by atoms with Gasteiger partial charge in [0.05, 0.1) is 18.8 Å². The number of hydrogen-bond acceptors (Lipinski definition) is 3. The molecule has 0 radical (unpaired) electrons. The summed E-state index contributed by atoms with van der Waals surface area (Å²) in [5.41, 5.74) is 0. The lowest BCUT2D eigenvalue weighted by Gasteiger charge is -2.37. The molecule has 2 saturated heterocycles. The van der Waals surface area contributed by atoms with Crippen molar-refractivity contribution in [1.29, 1.82) is 0 Å². The first-order chi connectivity index (χ1) is 7.81. The molecule has 0 bridgehead atoms. The van der Waals surface area contributed by atoms with Gasteiger partial charge < -0.3 is 9.84 Å². The Labute approximate surface area is 98.8 Å². The standard InChI is InChI=1S/C13H25NO2/c1-2-3-4-7-12(15)13-9-14-8-5-6-11(14)10-16-13/h11-13,15H,2-10H2,1H3. The Kier molecular flexibility index (Phi) is 4.62. The second-order valence-corrected chi connectivity index (χ2v) is 5.23. The Morgan fingerprint density at radius 1 is 1.44 bits per heavy atom. The molecule has 16 heavy (non-hydrogen) atoms. The van der Waals surface area contributed by atoms with Crippen LogP contribution in [0.4, 0.5) is 0 Å². The first-order valence-electron chi connectivity index (χ1n) is 6.85. The van der Waals surface area contributed by atoms with Crippen molar-refractivity contribution in [2.45, 2.75) is 63.7 Å². The van der Waals surface area contributed by atoms with Gasteiger partial charge in [0.25, 0.3) is 0 Å². The van der Waals surface area contributed by atoms with Crippen LogP contribution in [-0.2, 0) is 4.74 Å². The van der Waals surface area contributed by atoms with Crippen LogP contribution in [0.15, 0.2) is 0 Å². The molecule has 1 N–H and O–H groups in total. The second-order valence-electron chi connectivity index (χ2n) is 5.23. The third-order valence-corrected chi connectivity index (χ3v) is 3.95. The monoisotopic (exact) mass is 227 g/mol. The van der Waals surface area contributed by atoms with Crippen LogP contribution >= 0.6 is 0 Å². The minimum absolute atomic E-state index is 0.0613. The van der Waals surface area contributed by atoms with E-state index in [0.29, 0.717) is 6.04 Å². The molecule has 3 atom stereocenters. The van der Waals surface area contributed by atoms with E-state index < -0.39 is 0 Å². The number of rotatable bonds is 5. The Morgan fingerprint density at radius 3 is 3.12 bits per heavy atom. The highest BCUT2D eigenvalue weighted by molar-refractivity contribution is 4.87. The summed E-state index contributed by atoms with van der Waals surface area (Å²) >= 11 is 0. The predicted molar refractivity (Wildman–Crippen MR) is 64.5 cm³/mol. The topological polar surface area (TPSA) is 32.7 Å². The Balaban J connectivity index is 1.72. The third-order valence-electron chi connectivity index (χ3n) is 3.95. The smallest absolute Gasteiger partial charge is 0.0961 e. The lowest BCUT2D eigenvalue weighted by molar-refractivity contribution is -0.104. The van der Waals surface area contributed by atoms with Crippen LogP contribution in [0.2, 0.25) is 0 Å². The maximum Gasteiger partial charge on any atom is 0.0961 e. The third kappa shape index (κ3) is 2.96. The number of hydrogen-bond donors (Lipinski definition) is 1. The molecule has 3 nitrogen and oxygen atoms in total. The van der Waals surface area contributed by atoms with Gasteiger partial charge in [0.1, 0.15) is 0 Å². The fraction of sp³-hybridized carbons (Fsp3) is 1.00. The molecule has 2 aliphatic heterocycles. The average Bonchev–Trinajstić information content (AvgIpc) is 2.76. The van der Waals surface area contributed by atoms with Crippen molar-refractivity contribution >= 4 is 0 Å². The molecule has 3 heteroatoms. The molecule has 94 valence electrons. The molecular weight excluding hydrogens is 202 g/mol. The van der Waals surface area contributed by atoms with Crippen LogP contribution in [0.1, 0.15) is 45.4 Å². The maximum absolute atomic E-state index is 10.1. The van der Waals surface area contributed by atoms with E-state index in [1.165, 1.54) is 32.2 Å². The molecule has 0 amide bonds. The molecule has 2 aliphatic rings. The lowest BCUT2D eigenvalue weighted by atomic mass is 10.0. The zero-order valence-electron chi connectivity index (χ0n) is 10.4. The van der Waals surface area contributed by atoms with E-state index in [1.807, 2.05) is 0 Å². The van der Waals surface area contributed by atoms with Crippen molar-refractivity contribution in [2.75, 3.05) is 19.7 Å². The van der Waals surface area contributed by atoms with Crippen LogP contribution in [0.25, 0.3) is 0 Å². The van der Waals surface area contributed by atoms with Gasteiger partial charge in [0.2, 0.25) is 0 Å². The zero-order valence-corrected chi connectivity index (χ0v) is 10.4. The summed E-state index contributed by atoms with van der Waals surface area (Å²) in [5.74, 6) is 0. The molecule has 0 spiro atoms. The van der Waals surface area contributed by atoms with Gasteiger partial charge >= 0.3 is 0 Å². The van der Waals surface area contributed by atoms with Crippen molar-refractivity contribution in [3.63, 3.8) is 0 Å². The number of fused-ring (bicyclic) bond motifs is 1. The molecule has 2 fully saturated rings. The van der Waals surface area contributed by atoms with E-state index >= 15 is 0 Å². The van der Waals surface area contributed by atoms with Crippen molar-refractivity contribution in [1.82, 2.24) is 4.90 Å². The highest BCUT2D eigenvalue weighted by Gasteiger charge is 2.34. The largest absolute Gasteiger partial charge is 0.390 e. The van der Waals surface area contributed by atoms with Crippen molar-refractivity contribution in [3.8, 4) is 0 Å². The van der Waals surface area contributed by atoms with E-state index in [9.17, 15) is 5.11 Å². The van der Waals surface area contributed by atoms with Crippen LogP contribution in [0, 0.1) is 0 Å². The molecule has 3 unspecified atom stereocenters. The Hall–Kier alpha value is -0.120. The first-order valence-corrected chi connectivity index (χ1v) is 6.85. The van der Waals surface area contributed by atoms with Gasteiger partial charge in [-0.3, -0.25) is 4.90 Å². The summed E-state index contributed by atoms with van der Waals surface area (Å²) in [6.07, 6.45) is 6.84. The summed E-state index contributed by atoms with van der Waals surface area (Å²) in [6, 6.07) is 0.638. The van der Waals surface area contributed by atoms with Crippen molar-refractivity contribution < 1.29 is 9.84 Å². The van der Waals surface area contributed by atoms with E-state index in [2.05, 4.69) is 11.8 Å². The van der Waals surface area contributed by atoms with Gasteiger partial charge in [-0.2, -0.15) is 0 Å². The van der Waals surface area contributed by atoms with Crippen molar-refractivity contribution in [3.05, 3.63) is 0 Å². The molecule has 2 heterocycles. The molecular formula is C13H25NO2. The zero-order chi connectivity index (χ0) is 11.4. The average molecular weight is 227 g/mol. The molecule has 0 aromatic carbocycles. The highest BCUT2D eigenvalue weighted by Crippen LogP contribution is 2.24. The molecule has 0 aliphatic carbocycles. The van der Waals surface area contributed by atoms with E-state index in [1.54, 1.807) is 0 Å². The number of aliphatic hydroxyl groups excluding tert-OH is 1. The van der Waals surface area contributed by atoms with E-state index in [4.69, 9.17) is 4.74 Å². The van der Waals surface area contributed by atoms with Crippen LogP contribution in [0.5, 0.6) is 0 Å². The van der Waals surface area contributed by atoms with Gasteiger partial charge in [-0.25, -0.2) is 0 Å². The minimum Gasteiger partial charge on any atom is -0.390 e. The summed E-state index contributed by atoms with van der Waals surface area (Å²) < 4.78 is 5.79. The van der Waals surface area contributed by atoms with Crippen molar-refractivity contribution in [2.24, 2.45) is 0 Å². The second kappa shape index (κ2) is 5.99. The van der Waals surface area contributed by atoms with Gasteiger partial charge in [0, 0.05) is 12.6 Å². The molecule has 0 aromatic heterocycles. The van der Waals surface area contributed by atoms with Crippen LogP contribution in [0.3, 0.4) is 0 Å². The predicted octanol–water partition coefficient (Wildman–Crippen LogP) is 1.79. The summed E-state index contributed by atoms with van der Waals surface area (Å²) in [4.78, 5) is 2.50. The fourth-order valence-corrected chi connectivity index (χ4v) is 2.86. The molecule has 2 rings (SSSR count). The van der Waals surface area contributed by atoms with Gasteiger partial charge in [-0.15, -0.1) is 0 Å². The normalized spacial score (nSPS) is 32.6. The molecule has 0 saturated carbocycles. The van der Waals surface area contributed by atoms with Gasteiger partial charge in [-0.05, 0) is 25.8 Å². The number of nitrogens with zero attached hydrogens (tertiary/aromatic N) is 1. The number of aliphatic hydroxyl groups is 1. The minimum atomic E-state index is -0.256. The Bertz CT molecular complexity index is 210. The SMILES string of the molecule is CCCCCC(O)C1CN2CCCC2CO1. The fourth-order valence-electron chi connectivity index (χ4n) is 2.86. The maximum atomic E-state index is 10.1.